The van der Waals surface area contributed by atoms with Crippen LogP contribution in [0.3, 0.4) is 0 Å². The highest BCUT2D eigenvalue weighted by Crippen LogP contribution is 2.22. The van der Waals surface area contributed by atoms with Crippen molar-refractivity contribution in [2.24, 2.45) is 0 Å². The lowest BCUT2D eigenvalue weighted by molar-refractivity contribution is 1.03. The Bertz CT molecular complexity index is 369. The third-order valence-corrected chi connectivity index (χ3v) is 2.43. The molecule has 2 aromatic heterocycles. The fourth-order valence-electron chi connectivity index (χ4n) is 0.936. The molecule has 0 N–H and O–H groups in total. The zero-order valence-electron chi connectivity index (χ0n) is 6.56. The second-order valence-electron chi connectivity index (χ2n) is 2.46. The molecule has 0 radical (unpaired) electrons. The first-order valence-electron chi connectivity index (χ1n) is 3.56. The number of nitrogens with zero attached hydrogens (tertiary/aromatic N) is 3. The van der Waals surface area contributed by atoms with E-state index in [0.717, 1.165) is 16.1 Å². The summed E-state index contributed by atoms with van der Waals surface area (Å²) in [6.45, 7) is 1.98. The van der Waals surface area contributed by atoms with Crippen LogP contribution in [-0.2, 0) is 0 Å². The molecule has 2 aromatic rings. The Labute approximate surface area is 74.3 Å². The van der Waals surface area contributed by atoms with Crippen LogP contribution in [0.4, 0.5) is 0 Å². The summed E-state index contributed by atoms with van der Waals surface area (Å²) < 4.78 is 4.19. The predicted molar refractivity (Wildman–Crippen MR) is 47.9 cm³/mol. The average Bonchev–Trinajstić information content (AvgIpc) is 2.54. The normalized spacial score (nSPS) is 10.1. The molecule has 0 amide bonds. The van der Waals surface area contributed by atoms with E-state index in [1.807, 2.05) is 19.1 Å². The minimum absolute atomic E-state index is 1.05. The van der Waals surface area contributed by atoms with Crippen molar-refractivity contribution >= 4 is 11.5 Å². The van der Waals surface area contributed by atoms with Crippen molar-refractivity contribution in [2.45, 2.75) is 6.92 Å². The highest BCUT2D eigenvalue weighted by molar-refractivity contribution is 7.09. The van der Waals surface area contributed by atoms with Crippen molar-refractivity contribution in [3.63, 3.8) is 0 Å². The first-order chi connectivity index (χ1) is 5.86. The Morgan fingerprint density at radius 3 is 2.83 bits per heavy atom. The summed E-state index contributed by atoms with van der Waals surface area (Å²) in [5.74, 6) is 0. The van der Waals surface area contributed by atoms with Crippen LogP contribution in [0.5, 0.6) is 0 Å². The fourth-order valence-corrected chi connectivity index (χ4v) is 1.68. The zero-order chi connectivity index (χ0) is 8.39. The van der Waals surface area contributed by atoms with Gasteiger partial charge in [0.15, 0.2) is 0 Å². The zero-order valence-corrected chi connectivity index (χ0v) is 7.38. The van der Waals surface area contributed by atoms with Crippen molar-refractivity contribution in [2.75, 3.05) is 0 Å². The molecule has 60 valence electrons. The monoisotopic (exact) mass is 177 g/mol. The maximum absolute atomic E-state index is 4.19. The van der Waals surface area contributed by atoms with Crippen LogP contribution in [-0.4, -0.2) is 14.6 Å². The quantitative estimate of drug-likeness (QED) is 0.667. The van der Waals surface area contributed by atoms with Gasteiger partial charge in [-0.15, -0.1) is 0 Å². The number of aromatic nitrogens is 3. The van der Waals surface area contributed by atoms with E-state index < -0.39 is 0 Å². The number of rotatable bonds is 1. The van der Waals surface area contributed by atoms with Crippen molar-refractivity contribution in [1.82, 2.24) is 14.6 Å². The molecule has 0 unspecified atom stereocenters. The molecular weight excluding hydrogens is 170 g/mol. The van der Waals surface area contributed by atoms with Crippen LogP contribution in [0.2, 0.25) is 0 Å². The third-order valence-electron chi connectivity index (χ3n) is 1.50. The molecule has 0 bridgehead atoms. The molecule has 0 spiro atoms. The smallest absolute Gasteiger partial charge is 0.0583 e. The molecule has 12 heavy (non-hydrogen) atoms. The molecule has 2 heterocycles. The predicted octanol–water partition coefficient (Wildman–Crippen LogP) is 1.91. The Morgan fingerprint density at radius 2 is 2.25 bits per heavy atom. The van der Waals surface area contributed by atoms with Crippen LogP contribution in [0.15, 0.2) is 24.5 Å². The first-order valence-corrected chi connectivity index (χ1v) is 4.34. The van der Waals surface area contributed by atoms with E-state index in [0.29, 0.717) is 0 Å². The molecule has 2 rings (SSSR count). The Hall–Kier alpha value is -1.29. The molecule has 0 fully saturated rings. The summed E-state index contributed by atoms with van der Waals surface area (Å²) in [4.78, 5) is 1.14. The van der Waals surface area contributed by atoms with Gasteiger partial charge in [0.05, 0.1) is 23.0 Å². The molecule has 3 nitrogen and oxygen atoms in total. The lowest BCUT2D eigenvalue weighted by atomic mass is 10.2. The number of hydrogen-bond acceptors (Lipinski definition) is 4. The maximum Gasteiger partial charge on any atom is 0.0583 e. The summed E-state index contributed by atoms with van der Waals surface area (Å²) in [5, 5.41) is 7.51. The lowest BCUT2D eigenvalue weighted by Gasteiger charge is -1.90. The van der Waals surface area contributed by atoms with Crippen molar-refractivity contribution in [1.29, 1.82) is 0 Å². The van der Waals surface area contributed by atoms with Gasteiger partial charge in [0, 0.05) is 5.56 Å². The topological polar surface area (TPSA) is 38.7 Å². The highest BCUT2D eigenvalue weighted by atomic mass is 32.1. The van der Waals surface area contributed by atoms with E-state index in [1.54, 1.807) is 12.4 Å². The summed E-state index contributed by atoms with van der Waals surface area (Å²) in [6.07, 6.45) is 3.43. The lowest BCUT2D eigenvalue weighted by Crippen LogP contribution is -1.78. The minimum atomic E-state index is 1.05. The van der Waals surface area contributed by atoms with E-state index in [4.69, 9.17) is 0 Å². The van der Waals surface area contributed by atoms with Crippen molar-refractivity contribution < 1.29 is 0 Å². The maximum atomic E-state index is 4.19. The van der Waals surface area contributed by atoms with Crippen molar-refractivity contribution in [3.05, 3.63) is 30.2 Å². The van der Waals surface area contributed by atoms with Crippen molar-refractivity contribution in [3.8, 4) is 10.4 Å². The second-order valence-corrected chi connectivity index (χ2v) is 3.27. The van der Waals surface area contributed by atoms with Gasteiger partial charge < -0.3 is 0 Å². The van der Waals surface area contributed by atoms with Crippen LogP contribution >= 0.6 is 11.5 Å². The van der Waals surface area contributed by atoms with Gasteiger partial charge in [0.2, 0.25) is 0 Å². The summed E-state index contributed by atoms with van der Waals surface area (Å²) in [6, 6.07) is 3.97. The minimum Gasteiger partial charge on any atom is -0.197 e. The van der Waals surface area contributed by atoms with Crippen LogP contribution in [0.1, 0.15) is 5.69 Å². The Morgan fingerprint density at radius 1 is 1.33 bits per heavy atom. The largest absolute Gasteiger partial charge is 0.197 e. The number of hydrogen-bond donors (Lipinski definition) is 0. The Kier molecular flexibility index (Phi) is 1.83. The molecule has 0 saturated heterocycles. The van der Waals surface area contributed by atoms with E-state index in [2.05, 4.69) is 14.6 Å². The SMILES string of the molecule is Cc1cc(-c2ccnnc2)sn1. The van der Waals surface area contributed by atoms with Gasteiger partial charge in [-0.2, -0.15) is 14.6 Å². The summed E-state index contributed by atoms with van der Waals surface area (Å²) in [5.41, 5.74) is 2.13. The molecular formula is C8H7N3S. The molecule has 4 heteroatoms. The van der Waals surface area contributed by atoms with Gasteiger partial charge >= 0.3 is 0 Å². The van der Waals surface area contributed by atoms with Crippen LogP contribution in [0, 0.1) is 6.92 Å². The Balaban J connectivity index is 2.45. The molecule has 0 saturated carbocycles. The molecule has 0 aliphatic rings. The van der Waals surface area contributed by atoms with Gasteiger partial charge in [-0.25, -0.2) is 0 Å². The fraction of sp³-hybridized carbons (Fsp3) is 0.125. The van der Waals surface area contributed by atoms with Crippen LogP contribution < -0.4 is 0 Å². The third kappa shape index (κ3) is 1.33. The first kappa shape index (κ1) is 7.36. The highest BCUT2D eigenvalue weighted by Gasteiger charge is 2.00. The molecule has 0 aromatic carbocycles. The van der Waals surface area contributed by atoms with E-state index in [-0.39, 0.29) is 0 Å². The molecule has 0 aliphatic carbocycles. The van der Waals surface area contributed by atoms with E-state index in [9.17, 15) is 0 Å². The summed E-state index contributed by atoms with van der Waals surface area (Å²) >= 11 is 1.48. The van der Waals surface area contributed by atoms with Gasteiger partial charge in [-0.05, 0) is 30.6 Å². The van der Waals surface area contributed by atoms with E-state index >= 15 is 0 Å². The van der Waals surface area contributed by atoms with Crippen LogP contribution in [0.25, 0.3) is 10.4 Å². The standard InChI is InChI=1S/C8H7N3S/c1-6-4-8(12-11-6)7-2-3-9-10-5-7/h2-5H,1H3. The summed E-state index contributed by atoms with van der Waals surface area (Å²) in [7, 11) is 0. The number of aryl methyl sites for hydroxylation is 1. The second kappa shape index (κ2) is 2.98. The average molecular weight is 177 g/mol. The van der Waals surface area contributed by atoms with Gasteiger partial charge in [-0.3, -0.25) is 0 Å². The molecule has 0 atom stereocenters. The molecule has 0 aliphatic heterocycles. The van der Waals surface area contributed by atoms with Gasteiger partial charge in [0.25, 0.3) is 0 Å². The van der Waals surface area contributed by atoms with Gasteiger partial charge in [-0.1, -0.05) is 0 Å². The van der Waals surface area contributed by atoms with Gasteiger partial charge in [0.1, 0.15) is 0 Å². The van der Waals surface area contributed by atoms with E-state index in [1.165, 1.54) is 11.5 Å².